The van der Waals surface area contributed by atoms with Crippen molar-refractivity contribution < 1.29 is 0 Å². The van der Waals surface area contributed by atoms with Crippen molar-refractivity contribution in [3.8, 4) is 12.8 Å². The van der Waals surface area contributed by atoms with Gasteiger partial charge in [0.25, 0.3) is 0 Å². The summed E-state index contributed by atoms with van der Waals surface area (Å²) < 4.78 is 0. The van der Waals surface area contributed by atoms with Gasteiger partial charge in [-0.1, -0.05) is 19.3 Å². The van der Waals surface area contributed by atoms with Crippen LogP contribution < -0.4 is 5.73 Å². The van der Waals surface area contributed by atoms with Crippen LogP contribution in [0.25, 0.3) is 0 Å². The van der Waals surface area contributed by atoms with Crippen molar-refractivity contribution in [3.63, 3.8) is 0 Å². The summed E-state index contributed by atoms with van der Waals surface area (Å²) in [4.78, 5) is 1.27. The maximum Gasteiger partial charge on any atom is 0.0273 e. The van der Waals surface area contributed by atoms with Crippen LogP contribution in [0.15, 0.2) is 11.4 Å². The number of aryl methyl sites for hydroxylation is 1. The van der Waals surface area contributed by atoms with E-state index in [1.54, 1.807) is 11.3 Å². The van der Waals surface area contributed by atoms with Gasteiger partial charge in [0, 0.05) is 11.4 Å². The Hall–Kier alpha value is -0.780. The Morgan fingerprint density at radius 2 is 1.92 bits per heavy atom. The SMILES string of the molecule is C#C.C1CC1.Cc1csc(CN)c1. The molecule has 1 saturated carbocycles. The van der Waals surface area contributed by atoms with E-state index in [1.165, 1.54) is 29.7 Å². The van der Waals surface area contributed by atoms with Gasteiger partial charge in [-0.2, -0.15) is 0 Å². The normalized spacial score (nSPS) is 11.7. The van der Waals surface area contributed by atoms with E-state index in [9.17, 15) is 0 Å². The Kier molecular flexibility index (Phi) is 7.38. The van der Waals surface area contributed by atoms with Crippen molar-refractivity contribution in [1.29, 1.82) is 0 Å². The average Bonchev–Trinajstić information content (AvgIpc) is 2.99. The summed E-state index contributed by atoms with van der Waals surface area (Å²) in [6.07, 6.45) is 12.5. The van der Waals surface area contributed by atoms with Crippen LogP contribution in [0.4, 0.5) is 0 Å². The quantitative estimate of drug-likeness (QED) is 0.685. The number of terminal acetylenes is 1. The average molecular weight is 195 g/mol. The van der Waals surface area contributed by atoms with Crippen LogP contribution in [0.2, 0.25) is 0 Å². The van der Waals surface area contributed by atoms with Gasteiger partial charge in [-0.15, -0.1) is 24.2 Å². The maximum atomic E-state index is 5.37. The van der Waals surface area contributed by atoms with E-state index in [0.29, 0.717) is 6.54 Å². The van der Waals surface area contributed by atoms with E-state index in [4.69, 9.17) is 5.73 Å². The minimum atomic E-state index is 0.679. The molecule has 0 spiro atoms. The summed E-state index contributed by atoms with van der Waals surface area (Å²) in [6.45, 7) is 2.76. The highest BCUT2D eigenvalue weighted by molar-refractivity contribution is 7.10. The van der Waals surface area contributed by atoms with Crippen molar-refractivity contribution in [1.82, 2.24) is 0 Å². The maximum absolute atomic E-state index is 5.37. The van der Waals surface area contributed by atoms with Gasteiger partial charge in [-0.25, -0.2) is 0 Å². The van der Waals surface area contributed by atoms with Crippen molar-refractivity contribution in [2.45, 2.75) is 32.7 Å². The van der Waals surface area contributed by atoms with E-state index in [-0.39, 0.29) is 0 Å². The summed E-state index contributed by atoms with van der Waals surface area (Å²) in [5.41, 5.74) is 6.69. The second-order valence-electron chi connectivity index (χ2n) is 2.86. The van der Waals surface area contributed by atoms with Gasteiger partial charge in [-0.05, 0) is 23.9 Å². The molecule has 0 saturated heterocycles. The molecule has 2 heteroatoms. The zero-order valence-electron chi connectivity index (χ0n) is 8.12. The third-order valence-electron chi connectivity index (χ3n) is 1.34. The molecule has 0 aliphatic heterocycles. The molecule has 0 amide bonds. The molecule has 2 N–H and O–H groups in total. The summed E-state index contributed by atoms with van der Waals surface area (Å²) in [5.74, 6) is 0. The number of rotatable bonds is 1. The first-order valence-corrected chi connectivity index (χ1v) is 5.28. The Balaban J connectivity index is 0.000000239. The lowest BCUT2D eigenvalue weighted by Gasteiger charge is -1.80. The highest BCUT2D eigenvalue weighted by atomic mass is 32.1. The Morgan fingerprint density at radius 1 is 1.38 bits per heavy atom. The molecule has 1 aromatic heterocycles. The first kappa shape index (κ1) is 12.2. The molecule has 0 bridgehead atoms. The lowest BCUT2D eigenvalue weighted by molar-refractivity contribution is 1.10. The fourth-order valence-corrected chi connectivity index (χ4v) is 1.35. The second kappa shape index (κ2) is 7.85. The molecule has 1 heterocycles. The van der Waals surface area contributed by atoms with E-state index < -0.39 is 0 Å². The fourth-order valence-electron chi connectivity index (χ4n) is 0.598. The fraction of sp³-hybridized carbons (Fsp3) is 0.455. The summed E-state index contributed by atoms with van der Waals surface area (Å²) in [7, 11) is 0. The van der Waals surface area contributed by atoms with Gasteiger partial charge in [0.15, 0.2) is 0 Å². The van der Waals surface area contributed by atoms with Crippen LogP contribution in [0.1, 0.15) is 29.7 Å². The third-order valence-corrected chi connectivity index (χ3v) is 2.42. The summed E-state index contributed by atoms with van der Waals surface area (Å²) in [5, 5.41) is 2.11. The first-order chi connectivity index (χ1) is 6.33. The van der Waals surface area contributed by atoms with Crippen LogP contribution in [-0.2, 0) is 6.54 Å². The minimum absolute atomic E-state index is 0.679. The summed E-state index contributed by atoms with van der Waals surface area (Å²) >= 11 is 1.72. The topological polar surface area (TPSA) is 26.0 Å². The molecule has 0 atom stereocenters. The number of hydrogen-bond donors (Lipinski definition) is 1. The molecular formula is C11H17NS. The van der Waals surface area contributed by atoms with Gasteiger partial charge >= 0.3 is 0 Å². The van der Waals surface area contributed by atoms with E-state index >= 15 is 0 Å². The van der Waals surface area contributed by atoms with Gasteiger partial charge < -0.3 is 5.73 Å². The van der Waals surface area contributed by atoms with E-state index in [2.05, 4.69) is 31.2 Å². The van der Waals surface area contributed by atoms with Gasteiger partial charge in [-0.3, -0.25) is 0 Å². The van der Waals surface area contributed by atoms with Gasteiger partial charge in [0.1, 0.15) is 0 Å². The van der Waals surface area contributed by atoms with Crippen molar-refractivity contribution in [3.05, 3.63) is 21.9 Å². The first-order valence-electron chi connectivity index (χ1n) is 4.40. The van der Waals surface area contributed by atoms with Crippen LogP contribution >= 0.6 is 11.3 Å². The lowest BCUT2D eigenvalue weighted by Crippen LogP contribution is -1.91. The third kappa shape index (κ3) is 7.58. The molecular weight excluding hydrogens is 178 g/mol. The molecule has 1 aliphatic carbocycles. The van der Waals surface area contributed by atoms with E-state index in [1.807, 2.05) is 0 Å². The van der Waals surface area contributed by atoms with Crippen LogP contribution in [0.5, 0.6) is 0 Å². The monoisotopic (exact) mass is 195 g/mol. The molecule has 13 heavy (non-hydrogen) atoms. The van der Waals surface area contributed by atoms with Crippen LogP contribution in [0.3, 0.4) is 0 Å². The smallest absolute Gasteiger partial charge is 0.0273 e. The van der Waals surface area contributed by atoms with Crippen LogP contribution in [0, 0.1) is 19.8 Å². The molecule has 1 aromatic rings. The summed E-state index contributed by atoms with van der Waals surface area (Å²) in [6, 6.07) is 2.12. The molecule has 2 rings (SSSR count). The lowest BCUT2D eigenvalue weighted by atomic mass is 10.3. The molecule has 1 fully saturated rings. The van der Waals surface area contributed by atoms with Crippen LogP contribution in [-0.4, -0.2) is 0 Å². The zero-order chi connectivity index (χ0) is 10.1. The second-order valence-corrected chi connectivity index (χ2v) is 3.85. The highest BCUT2D eigenvalue weighted by Crippen LogP contribution is 2.14. The molecule has 0 unspecified atom stereocenters. The Bertz CT molecular complexity index is 232. The van der Waals surface area contributed by atoms with Gasteiger partial charge in [0.05, 0.1) is 0 Å². The van der Waals surface area contributed by atoms with Crippen molar-refractivity contribution in [2.24, 2.45) is 5.73 Å². The molecule has 1 aliphatic rings. The number of thiophene rings is 1. The Labute approximate surface area is 85.0 Å². The molecule has 0 aromatic carbocycles. The van der Waals surface area contributed by atoms with Crippen molar-refractivity contribution >= 4 is 11.3 Å². The molecule has 72 valence electrons. The predicted molar refractivity (Wildman–Crippen MR) is 60.7 cm³/mol. The highest BCUT2D eigenvalue weighted by Gasteiger charge is 1.95. The standard InChI is InChI=1S/C6H9NS.C3H6.C2H2/c1-5-2-6(3-7)8-4-5;1-2-3-1;1-2/h2,4H,3,7H2,1H3;1-3H2;1-2H. The van der Waals surface area contributed by atoms with Gasteiger partial charge in [0.2, 0.25) is 0 Å². The minimum Gasteiger partial charge on any atom is -0.326 e. The zero-order valence-corrected chi connectivity index (χ0v) is 8.94. The van der Waals surface area contributed by atoms with Crippen molar-refractivity contribution in [2.75, 3.05) is 0 Å². The van der Waals surface area contributed by atoms with E-state index in [0.717, 1.165) is 0 Å². The number of nitrogens with two attached hydrogens (primary N) is 1. The largest absolute Gasteiger partial charge is 0.326 e. The molecule has 1 nitrogen and oxygen atoms in total. The molecule has 0 radical (unpaired) electrons. The number of hydrogen-bond acceptors (Lipinski definition) is 2. The Morgan fingerprint density at radius 3 is 2.08 bits per heavy atom. The predicted octanol–water partition coefficient (Wildman–Crippen LogP) is 2.93.